The molecule has 0 unspecified atom stereocenters. The van der Waals surface area contributed by atoms with Gasteiger partial charge in [-0.05, 0) is 30.9 Å². The van der Waals surface area contributed by atoms with Crippen molar-refractivity contribution in [1.82, 2.24) is 4.90 Å². The summed E-state index contributed by atoms with van der Waals surface area (Å²) in [4.78, 5) is 24.6. The minimum atomic E-state index is -0.934. The van der Waals surface area contributed by atoms with Gasteiger partial charge in [0.25, 0.3) is 0 Å². The summed E-state index contributed by atoms with van der Waals surface area (Å²) in [6.45, 7) is 2.51. The number of nitrogens with one attached hydrogen (secondary N) is 1. The van der Waals surface area contributed by atoms with Gasteiger partial charge in [-0.3, -0.25) is 0 Å². The average Bonchev–Trinajstić information content (AvgIpc) is 2.88. The number of nitrogens with zero attached hydrogens (tertiary/aromatic N) is 1. The third-order valence-electron chi connectivity index (χ3n) is 3.44. The molecule has 0 spiro atoms. The van der Waals surface area contributed by atoms with E-state index in [4.69, 9.17) is 5.11 Å². The minimum Gasteiger partial charge on any atom is -0.480 e. The van der Waals surface area contributed by atoms with Crippen molar-refractivity contribution in [3.05, 3.63) is 29.8 Å². The number of benzene rings is 1. The lowest BCUT2D eigenvalue weighted by Crippen LogP contribution is -2.42. The van der Waals surface area contributed by atoms with Gasteiger partial charge in [0.05, 0.1) is 0 Å². The second-order valence-electron chi connectivity index (χ2n) is 4.63. The van der Waals surface area contributed by atoms with Crippen molar-refractivity contribution in [2.75, 3.05) is 11.9 Å². The zero-order valence-corrected chi connectivity index (χ0v) is 10.9. The lowest BCUT2D eigenvalue weighted by Gasteiger charge is -2.22. The van der Waals surface area contributed by atoms with E-state index in [1.807, 2.05) is 31.2 Å². The van der Waals surface area contributed by atoms with Gasteiger partial charge >= 0.3 is 12.0 Å². The molecular formula is C14H18N2O3. The van der Waals surface area contributed by atoms with Gasteiger partial charge in [0, 0.05) is 12.2 Å². The van der Waals surface area contributed by atoms with E-state index in [0.717, 1.165) is 24.1 Å². The van der Waals surface area contributed by atoms with E-state index >= 15 is 0 Å². The Bertz CT molecular complexity index is 487. The van der Waals surface area contributed by atoms with Crippen molar-refractivity contribution in [3.8, 4) is 0 Å². The summed E-state index contributed by atoms with van der Waals surface area (Å²) in [5.41, 5.74) is 1.80. The summed E-state index contributed by atoms with van der Waals surface area (Å²) in [6.07, 6.45) is 2.08. The standard InChI is InChI=1S/C14H18N2O3/c1-2-10-6-3-4-7-11(10)15-14(19)16-9-5-8-12(16)13(17)18/h3-4,6-7,12H,2,5,8-9H2,1H3,(H,15,19)(H,17,18)/t12-/m0/s1. The normalized spacial score (nSPS) is 18.4. The van der Waals surface area contributed by atoms with E-state index in [9.17, 15) is 9.59 Å². The number of aliphatic carboxylic acids is 1. The second-order valence-corrected chi connectivity index (χ2v) is 4.63. The molecule has 1 aromatic rings. The summed E-state index contributed by atoms with van der Waals surface area (Å²) in [7, 11) is 0. The Balaban J connectivity index is 2.10. The molecule has 1 fully saturated rings. The Labute approximate surface area is 112 Å². The number of amides is 2. The van der Waals surface area contributed by atoms with Crippen LogP contribution in [0.4, 0.5) is 10.5 Å². The maximum absolute atomic E-state index is 12.1. The van der Waals surface area contributed by atoms with Gasteiger partial charge in [-0.1, -0.05) is 25.1 Å². The van der Waals surface area contributed by atoms with E-state index < -0.39 is 12.0 Å². The zero-order chi connectivity index (χ0) is 13.8. The molecule has 1 heterocycles. The van der Waals surface area contributed by atoms with Gasteiger partial charge in [0.1, 0.15) is 6.04 Å². The highest BCUT2D eigenvalue weighted by atomic mass is 16.4. The summed E-state index contributed by atoms with van der Waals surface area (Å²) < 4.78 is 0. The Morgan fingerprint density at radius 1 is 1.42 bits per heavy atom. The van der Waals surface area contributed by atoms with Gasteiger partial charge in [-0.25, -0.2) is 9.59 Å². The van der Waals surface area contributed by atoms with Crippen LogP contribution in [0.1, 0.15) is 25.3 Å². The van der Waals surface area contributed by atoms with Crippen LogP contribution >= 0.6 is 0 Å². The molecule has 102 valence electrons. The van der Waals surface area contributed by atoms with Crippen LogP contribution in [0, 0.1) is 0 Å². The Hall–Kier alpha value is -2.04. The molecule has 2 amide bonds. The predicted molar refractivity (Wildman–Crippen MR) is 72.2 cm³/mol. The third kappa shape index (κ3) is 2.86. The molecule has 1 atom stereocenters. The molecule has 1 aliphatic rings. The number of urea groups is 1. The number of anilines is 1. The Morgan fingerprint density at radius 2 is 2.16 bits per heavy atom. The number of carbonyl (C=O) groups excluding carboxylic acids is 1. The van der Waals surface area contributed by atoms with Gasteiger partial charge in [0.2, 0.25) is 0 Å². The fourth-order valence-corrected chi connectivity index (χ4v) is 2.40. The number of carboxylic acids is 1. The van der Waals surface area contributed by atoms with Crippen LogP contribution in [0.5, 0.6) is 0 Å². The molecule has 2 rings (SSSR count). The highest BCUT2D eigenvalue weighted by molar-refractivity contribution is 5.93. The van der Waals surface area contributed by atoms with Crippen LogP contribution < -0.4 is 5.32 Å². The van der Waals surface area contributed by atoms with Crippen LogP contribution in [0.3, 0.4) is 0 Å². The topological polar surface area (TPSA) is 69.6 Å². The SMILES string of the molecule is CCc1ccccc1NC(=O)N1CCC[C@H]1C(=O)O. The monoisotopic (exact) mass is 262 g/mol. The Kier molecular flexibility index (Phi) is 4.04. The number of rotatable bonds is 3. The second kappa shape index (κ2) is 5.73. The lowest BCUT2D eigenvalue weighted by atomic mass is 10.1. The maximum atomic E-state index is 12.1. The average molecular weight is 262 g/mol. The number of aryl methyl sites for hydroxylation is 1. The van der Waals surface area contributed by atoms with Gasteiger partial charge in [0.15, 0.2) is 0 Å². The van der Waals surface area contributed by atoms with Crippen molar-refractivity contribution < 1.29 is 14.7 Å². The van der Waals surface area contributed by atoms with E-state index in [-0.39, 0.29) is 6.03 Å². The molecular weight excluding hydrogens is 244 g/mol. The fraction of sp³-hybridized carbons (Fsp3) is 0.429. The molecule has 5 nitrogen and oxygen atoms in total. The molecule has 0 aromatic heterocycles. The van der Waals surface area contributed by atoms with Crippen LogP contribution in [-0.4, -0.2) is 34.6 Å². The number of para-hydroxylation sites is 1. The summed E-state index contributed by atoms with van der Waals surface area (Å²) in [5.74, 6) is -0.934. The van der Waals surface area contributed by atoms with Crippen molar-refractivity contribution in [2.24, 2.45) is 0 Å². The highest BCUT2D eigenvalue weighted by Crippen LogP contribution is 2.21. The molecule has 0 saturated carbocycles. The van der Waals surface area contributed by atoms with E-state index in [1.165, 1.54) is 4.90 Å². The molecule has 1 aliphatic heterocycles. The number of carboxylic acid groups (broad SMARTS) is 1. The molecule has 19 heavy (non-hydrogen) atoms. The highest BCUT2D eigenvalue weighted by Gasteiger charge is 2.34. The zero-order valence-electron chi connectivity index (χ0n) is 10.9. The van der Waals surface area contributed by atoms with Crippen molar-refractivity contribution in [2.45, 2.75) is 32.2 Å². The van der Waals surface area contributed by atoms with Crippen LogP contribution in [0.2, 0.25) is 0 Å². The molecule has 2 N–H and O–H groups in total. The van der Waals surface area contributed by atoms with Gasteiger partial charge in [-0.2, -0.15) is 0 Å². The van der Waals surface area contributed by atoms with Gasteiger partial charge in [-0.15, -0.1) is 0 Å². The first-order chi connectivity index (χ1) is 9.13. The lowest BCUT2D eigenvalue weighted by molar-refractivity contribution is -0.141. The fourth-order valence-electron chi connectivity index (χ4n) is 2.40. The molecule has 1 aromatic carbocycles. The minimum absolute atomic E-state index is 0.328. The number of hydrogen-bond acceptors (Lipinski definition) is 2. The van der Waals surface area contributed by atoms with E-state index in [1.54, 1.807) is 0 Å². The summed E-state index contributed by atoms with van der Waals surface area (Å²) in [6, 6.07) is 6.54. The third-order valence-corrected chi connectivity index (χ3v) is 3.44. The smallest absolute Gasteiger partial charge is 0.326 e. The molecule has 5 heteroatoms. The largest absolute Gasteiger partial charge is 0.480 e. The molecule has 0 bridgehead atoms. The van der Waals surface area contributed by atoms with Crippen molar-refractivity contribution >= 4 is 17.7 Å². The van der Waals surface area contributed by atoms with E-state index in [2.05, 4.69) is 5.32 Å². The predicted octanol–water partition coefficient (Wildman–Crippen LogP) is 2.33. The van der Waals surface area contributed by atoms with Crippen molar-refractivity contribution in [1.29, 1.82) is 0 Å². The molecule has 1 saturated heterocycles. The van der Waals surface area contributed by atoms with Crippen LogP contribution in [-0.2, 0) is 11.2 Å². The maximum Gasteiger partial charge on any atom is 0.326 e. The Morgan fingerprint density at radius 3 is 2.84 bits per heavy atom. The summed E-state index contributed by atoms with van der Waals surface area (Å²) in [5, 5.41) is 11.9. The van der Waals surface area contributed by atoms with Crippen LogP contribution in [0.15, 0.2) is 24.3 Å². The number of likely N-dealkylation sites (tertiary alicyclic amines) is 1. The first-order valence-electron chi connectivity index (χ1n) is 6.51. The first kappa shape index (κ1) is 13.4. The summed E-state index contributed by atoms with van der Waals surface area (Å²) >= 11 is 0. The van der Waals surface area contributed by atoms with Crippen molar-refractivity contribution in [3.63, 3.8) is 0 Å². The number of carbonyl (C=O) groups is 2. The van der Waals surface area contributed by atoms with E-state index in [0.29, 0.717) is 13.0 Å². The van der Waals surface area contributed by atoms with Crippen LogP contribution in [0.25, 0.3) is 0 Å². The number of hydrogen-bond donors (Lipinski definition) is 2. The quantitative estimate of drug-likeness (QED) is 0.878. The molecule has 0 radical (unpaired) electrons. The first-order valence-corrected chi connectivity index (χ1v) is 6.51. The molecule has 0 aliphatic carbocycles. The van der Waals surface area contributed by atoms with Gasteiger partial charge < -0.3 is 15.3 Å².